The maximum atomic E-state index is 7.02. The predicted octanol–water partition coefficient (Wildman–Crippen LogP) is 9.40. The van der Waals surface area contributed by atoms with Crippen LogP contribution in [0.15, 0.2) is 85.5 Å². The van der Waals surface area contributed by atoms with Crippen molar-refractivity contribution in [3.05, 3.63) is 85.5 Å². The molecule has 0 amide bonds. The van der Waals surface area contributed by atoms with Gasteiger partial charge in [-0.05, 0) is 68.9 Å². The van der Waals surface area contributed by atoms with E-state index in [-0.39, 0.29) is 0 Å². The van der Waals surface area contributed by atoms with Gasteiger partial charge >= 0.3 is 27.5 Å². The summed E-state index contributed by atoms with van der Waals surface area (Å²) >= 11 is 15.5. The van der Waals surface area contributed by atoms with Crippen LogP contribution in [-0.4, -0.2) is 34.7 Å². The molecule has 0 aliphatic heterocycles. The zero-order valence-electron chi connectivity index (χ0n) is 25.6. The molecule has 10 heteroatoms. The Kier molecular flexibility index (Phi) is 15.0. The summed E-state index contributed by atoms with van der Waals surface area (Å²) in [6.45, 7) is 17.7. The molecule has 0 N–H and O–H groups in total. The van der Waals surface area contributed by atoms with Gasteiger partial charge in [0.05, 0.1) is 22.8 Å². The second-order valence-corrected chi connectivity index (χ2v) is 24.0. The number of aromatic nitrogens is 4. The molecule has 0 saturated carbocycles. The quantitative estimate of drug-likeness (QED) is 0.131. The van der Waals surface area contributed by atoms with E-state index < -0.39 is 14.8 Å². The van der Waals surface area contributed by atoms with Crippen LogP contribution in [-0.2, 0) is 17.9 Å². The fourth-order valence-electron chi connectivity index (χ4n) is 5.24. The van der Waals surface area contributed by atoms with E-state index in [1.54, 1.807) is 12.4 Å². The molecule has 0 aromatic carbocycles. The molecule has 0 bridgehead atoms. The van der Waals surface area contributed by atoms with E-state index in [1.807, 2.05) is 60.9 Å². The number of hydrogen-bond donors (Lipinski definition) is 0. The molecule has 4 rings (SSSR count). The second kappa shape index (κ2) is 17.1. The zero-order chi connectivity index (χ0) is 31.5. The number of halogens is 3. The molecule has 0 radical (unpaired) electrons. The molecule has 0 saturated heterocycles. The summed E-state index contributed by atoms with van der Waals surface area (Å²) in [5.41, 5.74) is 5.51. The zero-order valence-corrected chi connectivity index (χ0v) is 32.3. The van der Waals surface area contributed by atoms with E-state index in [0.717, 1.165) is 22.8 Å². The van der Waals surface area contributed by atoms with Crippen LogP contribution in [0.2, 0.25) is 22.2 Å². The van der Waals surface area contributed by atoms with Gasteiger partial charge in [-0.2, -0.15) is 22.2 Å². The van der Waals surface area contributed by atoms with Crippen molar-refractivity contribution in [2.75, 3.05) is 0 Å². The first-order valence-corrected chi connectivity index (χ1v) is 23.5. The molecule has 4 nitrogen and oxygen atoms in total. The first kappa shape index (κ1) is 36.7. The van der Waals surface area contributed by atoms with E-state index in [9.17, 15) is 0 Å². The van der Waals surface area contributed by atoms with E-state index >= 15 is 0 Å². The molecule has 0 atom stereocenters. The SMILES string of the molecule is CC(C)[Si](Cl)(c1ccc(-c2ccccn2)nc1)C(C)C.CC(C)[Si](Cl)(c1ccc(-c2ccccn2)nc1)C(C)C.[Cl][Ir]. The van der Waals surface area contributed by atoms with Crippen LogP contribution in [0.4, 0.5) is 0 Å². The summed E-state index contributed by atoms with van der Waals surface area (Å²) in [5, 5.41) is 2.42. The van der Waals surface area contributed by atoms with Gasteiger partial charge in [-0.25, -0.2) is 0 Å². The van der Waals surface area contributed by atoms with Gasteiger partial charge in [-0.15, -0.1) is 0 Å². The molecule has 4 heterocycles. The summed E-state index contributed by atoms with van der Waals surface area (Å²) in [4.78, 5) is 17.8. The molecule has 4 aromatic heterocycles. The molecule has 4 aromatic rings. The van der Waals surface area contributed by atoms with Gasteiger partial charge in [0.2, 0.25) is 0 Å². The van der Waals surface area contributed by atoms with Gasteiger partial charge in [-0.1, -0.05) is 79.7 Å². The van der Waals surface area contributed by atoms with Crippen molar-refractivity contribution in [2.24, 2.45) is 0 Å². The van der Waals surface area contributed by atoms with Crippen molar-refractivity contribution < 1.29 is 17.9 Å². The molecule has 0 aliphatic rings. The molecule has 0 spiro atoms. The first-order valence-electron chi connectivity index (χ1n) is 14.2. The van der Waals surface area contributed by atoms with Gasteiger partial charge in [0.25, 0.3) is 0 Å². The van der Waals surface area contributed by atoms with Crippen molar-refractivity contribution in [1.82, 2.24) is 19.9 Å². The summed E-state index contributed by atoms with van der Waals surface area (Å²) in [5.74, 6) is 0. The third-order valence-electron chi connectivity index (χ3n) is 7.63. The topological polar surface area (TPSA) is 51.6 Å². The third kappa shape index (κ3) is 8.81. The monoisotopic (exact) mass is 836 g/mol. The minimum absolute atomic E-state index is 0.478. The molecule has 228 valence electrons. The van der Waals surface area contributed by atoms with Crippen LogP contribution < -0.4 is 10.4 Å². The van der Waals surface area contributed by atoms with Crippen molar-refractivity contribution in [3.8, 4) is 22.8 Å². The molecule has 0 aliphatic carbocycles. The van der Waals surface area contributed by atoms with Gasteiger partial charge in [0.1, 0.15) is 0 Å². The normalized spacial score (nSPS) is 11.7. The van der Waals surface area contributed by atoms with Gasteiger partial charge in [0.15, 0.2) is 14.8 Å². The number of pyridine rings is 4. The Balaban J connectivity index is 0.000000277. The van der Waals surface area contributed by atoms with Crippen LogP contribution in [0, 0.1) is 0 Å². The average molecular weight is 837 g/mol. The van der Waals surface area contributed by atoms with Crippen molar-refractivity contribution in [3.63, 3.8) is 0 Å². The van der Waals surface area contributed by atoms with Crippen LogP contribution >= 0.6 is 31.7 Å². The molecule has 42 heavy (non-hydrogen) atoms. The Bertz CT molecular complexity index is 1200. The Morgan fingerprint density at radius 1 is 0.476 bits per heavy atom. The van der Waals surface area contributed by atoms with E-state index in [4.69, 9.17) is 22.2 Å². The molecular weight excluding hydrogens is 795 g/mol. The number of rotatable bonds is 8. The summed E-state index contributed by atoms with van der Waals surface area (Å²) in [7, 11) is 0.609. The van der Waals surface area contributed by atoms with Crippen LogP contribution in [0.25, 0.3) is 22.8 Å². The van der Waals surface area contributed by atoms with Gasteiger partial charge < -0.3 is 0 Å². The fourth-order valence-corrected chi connectivity index (χ4v) is 12.4. The molecule has 0 fully saturated rings. The Morgan fingerprint density at radius 3 is 1.00 bits per heavy atom. The Morgan fingerprint density at radius 2 is 0.786 bits per heavy atom. The van der Waals surface area contributed by atoms with Crippen molar-refractivity contribution in [1.29, 1.82) is 0 Å². The average Bonchev–Trinajstić information content (AvgIpc) is 3.02. The van der Waals surface area contributed by atoms with E-state index in [2.05, 4.69) is 97.0 Å². The predicted molar refractivity (Wildman–Crippen MR) is 184 cm³/mol. The van der Waals surface area contributed by atoms with Crippen molar-refractivity contribution >= 4 is 56.9 Å². The van der Waals surface area contributed by atoms with Gasteiger partial charge in [0, 0.05) is 24.8 Å². The van der Waals surface area contributed by atoms with E-state index in [1.165, 1.54) is 28.3 Å². The van der Waals surface area contributed by atoms with Gasteiger partial charge in [-0.3, -0.25) is 19.9 Å². The summed E-state index contributed by atoms with van der Waals surface area (Å²) < 4.78 is 0. The number of nitrogens with zero attached hydrogens (tertiary/aromatic N) is 4. The van der Waals surface area contributed by atoms with E-state index in [0.29, 0.717) is 22.2 Å². The van der Waals surface area contributed by atoms with Crippen LogP contribution in [0.3, 0.4) is 0 Å². The summed E-state index contributed by atoms with van der Waals surface area (Å²) in [6.07, 6.45) is 7.47. The first-order chi connectivity index (χ1) is 19.9. The minimum atomic E-state index is -2.01. The van der Waals surface area contributed by atoms with Crippen LogP contribution in [0.5, 0.6) is 0 Å². The Labute approximate surface area is 278 Å². The van der Waals surface area contributed by atoms with Crippen molar-refractivity contribution in [2.45, 2.75) is 77.6 Å². The second-order valence-electron chi connectivity index (χ2n) is 11.4. The fraction of sp³-hybridized carbons (Fsp3) is 0.375. The Hall–Kier alpha value is -1.45. The third-order valence-corrected chi connectivity index (χ3v) is 23.3. The standard InChI is InChI=1S/2C16H21ClN2Si.ClH.Ir/c2*1-12(2)20(17,13(3)4)14-8-9-16(19-11-14)15-7-5-6-10-18-15;;/h2*5-13H,1-4H3;1H;/q;;;+1/p-1. The van der Waals surface area contributed by atoms with Crippen LogP contribution in [0.1, 0.15) is 55.4 Å². The molecular formula is C32H42Cl3IrN4Si2. The number of hydrogen-bond acceptors (Lipinski definition) is 4. The maximum absolute atomic E-state index is 7.02. The summed E-state index contributed by atoms with van der Waals surface area (Å²) in [6, 6.07) is 20.0. The molecule has 0 unspecified atom stereocenters.